The third kappa shape index (κ3) is 2.95. The second-order valence-corrected chi connectivity index (χ2v) is 6.47. The predicted octanol–water partition coefficient (Wildman–Crippen LogP) is 2.82. The lowest BCUT2D eigenvalue weighted by Gasteiger charge is -2.35. The van der Waals surface area contributed by atoms with E-state index >= 15 is 0 Å². The number of hydrogen-bond acceptors (Lipinski definition) is 3. The van der Waals surface area contributed by atoms with Crippen molar-refractivity contribution in [2.45, 2.75) is 26.3 Å². The molecule has 0 amide bonds. The Morgan fingerprint density at radius 3 is 2.77 bits per heavy atom. The minimum absolute atomic E-state index is 0.0290. The van der Waals surface area contributed by atoms with Crippen LogP contribution in [0.4, 0.5) is 0 Å². The number of carbonyl (C=O) groups excluding carboxylic acids is 1. The van der Waals surface area contributed by atoms with E-state index in [1.54, 1.807) is 0 Å². The van der Waals surface area contributed by atoms with Crippen molar-refractivity contribution in [3.63, 3.8) is 0 Å². The zero-order chi connectivity index (χ0) is 15.5. The van der Waals surface area contributed by atoms with Gasteiger partial charge in [-0.05, 0) is 36.7 Å². The van der Waals surface area contributed by atoms with Crippen LogP contribution in [0, 0.1) is 23.7 Å². The first kappa shape index (κ1) is 15.3. The van der Waals surface area contributed by atoms with Crippen LogP contribution in [0.2, 0.25) is 0 Å². The van der Waals surface area contributed by atoms with Crippen LogP contribution in [0.3, 0.4) is 0 Å². The highest BCUT2D eigenvalue weighted by molar-refractivity contribution is 5.74. The average Bonchev–Trinajstić information content (AvgIpc) is 2.91. The van der Waals surface area contributed by atoms with Gasteiger partial charge >= 0.3 is 5.97 Å². The van der Waals surface area contributed by atoms with Crippen molar-refractivity contribution < 1.29 is 9.53 Å². The van der Waals surface area contributed by atoms with Crippen molar-refractivity contribution in [3.05, 3.63) is 48.0 Å². The highest BCUT2D eigenvalue weighted by Gasteiger charge is 2.47. The second-order valence-electron chi connectivity index (χ2n) is 6.47. The van der Waals surface area contributed by atoms with Crippen molar-refractivity contribution in [3.8, 4) is 0 Å². The molecule has 1 saturated heterocycles. The van der Waals surface area contributed by atoms with Crippen LogP contribution in [0.25, 0.3) is 0 Å². The highest BCUT2D eigenvalue weighted by Crippen LogP contribution is 2.41. The minimum Gasteiger partial charge on any atom is -0.466 e. The second kappa shape index (κ2) is 6.66. The Morgan fingerprint density at radius 1 is 1.27 bits per heavy atom. The molecule has 0 radical (unpaired) electrons. The van der Waals surface area contributed by atoms with E-state index in [9.17, 15) is 4.79 Å². The summed E-state index contributed by atoms with van der Waals surface area (Å²) in [5.41, 5.74) is 1.32. The van der Waals surface area contributed by atoms with Crippen LogP contribution in [0.1, 0.15) is 19.4 Å². The molecular weight excluding hydrogens is 274 g/mol. The fourth-order valence-corrected chi connectivity index (χ4v) is 4.05. The molecular formula is C19H25NO2. The summed E-state index contributed by atoms with van der Waals surface area (Å²) in [6.07, 6.45) is 5.46. The molecule has 3 heteroatoms. The van der Waals surface area contributed by atoms with Gasteiger partial charge in [-0.25, -0.2) is 0 Å². The molecule has 2 aliphatic rings. The van der Waals surface area contributed by atoms with Gasteiger partial charge in [-0.1, -0.05) is 49.4 Å². The molecule has 1 fully saturated rings. The molecule has 3 nitrogen and oxygen atoms in total. The molecule has 0 saturated carbocycles. The predicted molar refractivity (Wildman–Crippen MR) is 87.3 cm³/mol. The number of esters is 1. The number of nitrogens with one attached hydrogen (secondary N) is 1. The van der Waals surface area contributed by atoms with Gasteiger partial charge in [0.15, 0.2) is 0 Å². The number of carbonyl (C=O) groups is 1. The first-order chi connectivity index (χ1) is 10.7. The molecule has 1 N–H and O–H groups in total. The summed E-state index contributed by atoms with van der Waals surface area (Å²) in [6.45, 7) is 5.43. The lowest BCUT2D eigenvalue weighted by Crippen LogP contribution is -2.42. The summed E-state index contributed by atoms with van der Waals surface area (Å²) in [5.74, 6) is 0.965. The monoisotopic (exact) mass is 299 g/mol. The Labute approximate surface area is 132 Å². The maximum Gasteiger partial charge on any atom is 0.309 e. The van der Waals surface area contributed by atoms with Crippen molar-refractivity contribution in [1.82, 2.24) is 5.32 Å². The molecule has 3 rings (SSSR count). The summed E-state index contributed by atoms with van der Waals surface area (Å²) in [5, 5.41) is 3.64. The van der Waals surface area contributed by atoms with Gasteiger partial charge in [0, 0.05) is 12.6 Å². The van der Waals surface area contributed by atoms with Crippen LogP contribution in [-0.2, 0) is 16.0 Å². The van der Waals surface area contributed by atoms with E-state index in [1.807, 2.05) is 13.0 Å². The van der Waals surface area contributed by atoms with Crippen molar-refractivity contribution >= 4 is 5.97 Å². The van der Waals surface area contributed by atoms with Crippen LogP contribution in [0.5, 0.6) is 0 Å². The first-order valence-electron chi connectivity index (χ1n) is 8.33. The van der Waals surface area contributed by atoms with Crippen molar-refractivity contribution in [2.75, 3.05) is 13.2 Å². The molecule has 1 aliphatic carbocycles. The fourth-order valence-electron chi connectivity index (χ4n) is 4.05. The van der Waals surface area contributed by atoms with Crippen molar-refractivity contribution in [2.24, 2.45) is 23.7 Å². The minimum atomic E-state index is -0.0314. The molecule has 0 unspecified atom stereocenters. The number of benzene rings is 1. The number of allylic oxidation sites excluding steroid dienone is 1. The van der Waals surface area contributed by atoms with E-state index in [-0.39, 0.29) is 17.8 Å². The van der Waals surface area contributed by atoms with Gasteiger partial charge in [0.2, 0.25) is 0 Å². The summed E-state index contributed by atoms with van der Waals surface area (Å²) in [6, 6.07) is 10.9. The molecule has 1 aliphatic heterocycles. The maximum absolute atomic E-state index is 12.5. The zero-order valence-corrected chi connectivity index (χ0v) is 13.4. The lowest BCUT2D eigenvalue weighted by atomic mass is 9.69. The van der Waals surface area contributed by atoms with Crippen LogP contribution >= 0.6 is 0 Å². The number of rotatable bonds is 4. The Morgan fingerprint density at radius 2 is 2.05 bits per heavy atom. The van der Waals surface area contributed by atoms with Gasteiger partial charge in [-0.3, -0.25) is 4.79 Å². The molecule has 22 heavy (non-hydrogen) atoms. The summed E-state index contributed by atoms with van der Waals surface area (Å²) in [4.78, 5) is 12.5. The van der Waals surface area contributed by atoms with Gasteiger partial charge in [0.05, 0.1) is 12.5 Å². The third-order valence-corrected chi connectivity index (χ3v) is 5.07. The zero-order valence-electron chi connectivity index (χ0n) is 13.4. The number of hydrogen-bond donors (Lipinski definition) is 1. The molecule has 1 aromatic rings. The number of fused-ring (bicyclic) bond motifs is 1. The molecule has 0 spiro atoms. The topological polar surface area (TPSA) is 38.3 Å². The smallest absolute Gasteiger partial charge is 0.309 e. The van der Waals surface area contributed by atoms with Gasteiger partial charge in [0.1, 0.15) is 0 Å². The van der Waals surface area contributed by atoms with Gasteiger partial charge in [0.25, 0.3) is 0 Å². The average molecular weight is 299 g/mol. The van der Waals surface area contributed by atoms with Crippen LogP contribution < -0.4 is 5.32 Å². The van der Waals surface area contributed by atoms with Gasteiger partial charge in [-0.2, -0.15) is 0 Å². The lowest BCUT2D eigenvalue weighted by molar-refractivity contribution is -0.152. The van der Waals surface area contributed by atoms with Gasteiger partial charge in [-0.15, -0.1) is 0 Å². The Kier molecular flexibility index (Phi) is 4.63. The van der Waals surface area contributed by atoms with E-state index in [0.29, 0.717) is 24.5 Å². The first-order valence-corrected chi connectivity index (χ1v) is 8.33. The molecule has 0 aromatic heterocycles. The summed E-state index contributed by atoms with van der Waals surface area (Å²) < 4.78 is 5.36. The quantitative estimate of drug-likeness (QED) is 0.686. The normalized spacial score (nSPS) is 33.5. The standard InChI is InChI=1S/C19H25NO2/c1-3-22-19(21)17-13(2)9-10-15-12-20-16(18(15)17)11-14-7-5-4-6-8-14/h4-10,13,15-18,20H,3,11-12H2,1-2H3/t13-,15-,16+,17+,18-/m1/s1. The summed E-state index contributed by atoms with van der Waals surface area (Å²) in [7, 11) is 0. The van der Waals surface area contributed by atoms with E-state index < -0.39 is 0 Å². The maximum atomic E-state index is 12.5. The molecule has 118 valence electrons. The molecule has 5 atom stereocenters. The third-order valence-electron chi connectivity index (χ3n) is 5.07. The molecule has 1 heterocycles. The SMILES string of the molecule is CCOC(=O)[C@@H]1[C@@H]2[C@H](C=C[C@H]1C)CN[C@H]2Cc1ccccc1. The Bertz CT molecular complexity index is 540. The Balaban J connectivity index is 1.81. The van der Waals surface area contributed by atoms with E-state index in [4.69, 9.17) is 4.74 Å². The van der Waals surface area contributed by atoms with Crippen LogP contribution in [-0.4, -0.2) is 25.2 Å². The number of ether oxygens (including phenoxy) is 1. The van der Waals surface area contributed by atoms with E-state index in [2.05, 4.69) is 48.7 Å². The molecule has 0 bridgehead atoms. The largest absolute Gasteiger partial charge is 0.466 e. The fraction of sp³-hybridized carbons (Fsp3) is 0.526. The molecule has 1 aromatic carbocycles. The van der Waals surface area contributed by atoms with Gasteiger partial charge < -0.3 is 10.1 Å². The summed E-state index contributed by atoms with van der Waals surface area (Å²) >= 11 is 0. The Hall–Kier alpha value is -1.61. The highest BCUT2D eigenvalue weighted by atomic mass is 16.5. The van der Waals surface area contributed by atoms with Crippen LogP contribution in [0.15, 0.2) is 42.5 Å². The van der Waals surface area contributed by atoms with Crippen molar-refractivity contribution in [1.29, 1.82) is 0 Å². The van der Waals surface area contributed by atoms with E-state index in [0.717, 1.165) is 13.0 Å². The van der Waals surface area contributed by atoms with E-state index in [1.165, 1.54) is 5.56 Å².